The minimum atomic E-state index is -3.85. The van der Waals surface area contributed by atoms with Gasteiger partial charge in [0, 0.05) is 18.6 Å². The lowest BCUT2D eigenvalue weighted by molar-refractivity contribution is 0.213. The number of hydrogen-bond acceptors (Lipinski definition) is 3. The third-order valence-corrected chi connectivity index (χ3v) is 5.00. The van der Waals surface area contributed by atoms with Crippen molar-refractivity contribution in [2.45, 2.75) is 17.7 Å². The van der Waals surface area contributed by atoms with Gasteiger partial charge in [-0.1, -0.05) is 11.6 Å². The van der Waals surface area contributed by atoms with E-state index in [0.717, 1.165) is 25.0 Å². The fraction of sp³-hybridized carbons (Fsp3) is 0.455. The molecule has 7 heteroatoms. The Labute approximate surface area is 110 Å². The van der Waals surface area contributed by atoms with Crippen molar-refractivity contribution in [3.05, 3.63) is 29.0 Å². The van der Waals surface area contributed by atoms with Crippen LogP contribution in [0.25, 0.3) is 0 Å². The first-order valence-corrected chi connectivity index (χ1v) is 7.30. The average Bonchev–Trinajstić information content (AvgIpc) is 3.11. The summed E-state index contributed by atoms with van der Waals surface area (Å²) in [7, 11) is -3.85. The summed E-state index contributed by atoms with van der Waals surface area (Å²) in [6.45, 7) is 0.0745. The first-order valence-electron chi connectivity index (χ1n) is 5.44. The molecule has 4 nitrogen and oxygen atoms in total. The van der Waals surface area contributed by atoms with Gasteiger partial charge in [-0.25, -0.2) is 17.5 Å². The molecule has 1 saturated carbocycles. The summed E-state index contributed by atoms with van der Waals surface area (Å²) < 4.78 is 39.3. The molecule has 1 aliphatic rings. The molecule has 0 heterocycles. The van der Waals surface area contributed by atoms with E-state index in [9.17, 15) is 12.8 Å². The molecule has 0 saturated heterocycles. The molecule has 100 valence electrons. The molecule has 0 radical (unpaired) electrons. The highest BCUT2D eigenvalue weighted by molar-refractivity contribution is 7.89. The van der Waals surface area contributed by atoms with E-state index in [2.05, 4.69) is 4.72 Å². The van der Waals surface area contributed by atoms with E-state index >= 15 is 0 Å². The minimum Gasteiger partial charge on any atom is -0.396 e. The Morgan fingerprint density at radius 1 is 1.44 bits per heavy atom. The molecule has 0 atom stereocenters. The molecule has 0 amide bonds. The van der Waals surface area contributed by atoms with Crippen molar-refractivity contribution in [3.8, 4) is 0 Å². The number of halogens is 2. The van der Waals surface area contributed by atoms with Gasteiger partial charge in [0.05, 0.1) is 5.02 Å². The van der Waals surface area contributed by atoms with E-state index in [1.165, 1.54) is 6.07 Å². The average molecular weight is 294 g/mol. The molecule has 1 aliphatic carbocycles. The summed E-state index contributed by atoms with van der Waals surface area (Å²) >= 11 is 5.75. The van der Waals surface area contributed by atoms with Gasteiger partial charge in [0.2, 0.25) is 10.0 Å². The van der Waals surface area contributed by atoms with Crippen molar-refractivity contribution in [2.75, 3.05) is 13.2 Å². The number of sulfonamides is 1. The standard InChI is InChI=1S/C11H13ClFNO3S/c12-9-2-1-8(13)5-10(9)18(16,17)14-6-11(7-15)3-4-11/h1-2,5,14-15H,3-4,6-7H2. The number of benzene rings is 1. The molecule has 1 aromatic carbocycles. The fourth-order valence-corrected chi connectivity index (χ4v) is 3.24. The third-order valence-electron chi connectivity index (χ3n) is 3.11. The molecule has 0 bridgehead atoms. The summed E-state index contributed by atoms with van der Waals surface area (Å²) in [5.41, 5.74) is -0.354. The topological polar surface area (TPSA) is 66.4 Å². The number of nitrogens with one attached hydrogen (secondary N) is 1. The van der Waals surface area contributed by atoms with Gasteiger partial charge in [0.25, 0.3) is 0 Å². The maximum Gasteiger partial charge on any atom is 0.242 e. The van der Waals surface area contributed by atoms with Crippen molar-refractivity contribution in [3.63, 3.8) is 0 Å². The first kappa shape index (κ1) is 13.7. The Kier molecular flexibility index (Phi) is 3.64. The monoisotopic (exact) mass is 293 g/mol. The predicted molar refractivity (Wildman–Crippen MR) is 65.4 cm³/mol. The SMILES string of the molecule is O=S(=O)(NCC1(CO)CC1)c1cc(F)ccc1Cl. The van der Waals surface area contributed by atoms with E-state index in [1.54, 1.807) is 0 Å². The van der Waals surface area contributed by atoms with Crippen LogP contribution in [0.3, 0.4) is 0 Å². The van der Waals surface area contributed by atoms with Crippen LogP contribution in [0.5, 0.6) is 0 Å². The molecule has 18 heavy (non-hydrogen) atoms. The highest BCUT2D eigenvalue weighted by atomic mass is 35.5. The van der Waals surface area contributed by atoms with E-state index < -0.39 is 15.8 Å². The second-order valence-electron chi connectivity index (χ2n) is 4.56. The van der Waals surface area contributed by atoms with Crippen LogP contribution in [0, 0.1) is 11.2 Å². The fourth-order valence-electron chi connectivity index (χ4n) is 1.58. The quantitative estimate of drug-likeness (QED) is 0.865. The molecule has 0 aliphatic heterocycles. The van der Waals surface area contributed by atoms with Gasteiger partial charge in [0.15, 0.2) is 0 Å². The largest absolute Gasteiger partial charge is 0.396 e. The molecule has 0 aromatic heterocycles. The van der Waals surface area contributed by atoms with Gasteiger partial charge in [-0.05, 0) is 31.0 Å². The molecular weight excluding hydrogens is 281 g/mol. The van der Waals surface area contributed by atoms with Crippen LogP contribution >= 0.6 is 11.6 Å². The molecule has 1 fully saturated rings. The molecule has 1 aromatic rings. The van der Waals surface area contributed by atoms with Crippen LogP contribution in [0.1, 0.15) is 12.8 Å². The number of aliphatic hydroxyl groups is 1. The lowest BCUT2D eigenvalue weighted by atomic mass is 10.1. The summed E-state index contributed by atoms with van der Waals surface area (Å²) in [6.07, 6.45) is 1.56. The van der Waals surface area contributed by atoms with E-state index in [-0.39, 0.29) is 28.5 Å². The second-order valence-corrected chi connectivity index (χ2v) is 6.70. The van der Waals surface area contributed by atoms with Crippen LogP contribution in [-0.2, 0) is 10.0 Å². The lowest BCUT2D eigenvalue weighted by Crippen LogP contribution is -2.32. The maximum atomic E-state index is 13.0. The van der Waals surface area contributed by atoms with Crippen molar-refractivity contribution < 1.29 is 17.9 Å². The van der Waals surface area contributed by atoms with Gasteiger partial charge < -0.3 is 5.11 Å². The van der Waals surface area contributed by atoms with Crippen LogP contribution in [0.2, 0.25) is 5.02 Å². The Hall–Kier alpha value is -0.690. The highest BCUT2D eigenvalue weighted by Crippen LogP contribution is 2.44. The van der Waals surface area contributed by atoms with Crippen molar-refractivity contribution in [2.24, 2.45) is 5.41 Å². The van der Waals surface area contributed by atoms with E-state index in [4.69, 9.17) is 16.7 Å². The predicted octanol–water partition coefficient (Wildman–Crippen LogP) is 1.53. The van der Waals surface area contributed by atoms with E-state index in [1.807, 2.05) is 0 Å². The van der Waals surface area contributed by atoms with Gasteiger partial charge in [0.1, 0.15) is 10.7 Å². The minimum absolute atomic E-state index is 0.0299. The first-order chi connectivity index (χ1) is 8.38. The van der Waals surface area contributed by atoms with Crippen LogP contribution in [-0.4, -0.2) is 26.7 Å². The number of rotatable bonds is 5. The van der Waals surface area contributed by atoms with Crippen molar-refractivity contribution in [1.82, 2.24) is 4.72 Å². The van der Waals surface area contributed by atoms with Gasteiger partial charge in [-0.15, -0.1) is 0 Å². The molecule has 0 spiro atoms. The molecule has 0 unspecified atom stereocenters. The summed E-state index contributed by atoms with van der Waals surface area (Å²) in [5.74, 6) is -0.664. The lowest BCUT2D eigenvalue weighted by Gasteiger charge is -2.13. The third kappa shape index (κ3) is 2.83. The summed E-state index contributed by atoms with van der Waals surface area (Å²) in [6, 6.07) is 3.17. The smallest absolute Gasteiger partial charge is 0.242 e. The van der Waals surface area contributed by atoms with Gasteiger partial charge >= 0.3 is 0 Å². The van der Waals surface area contributed by atoms with Crippen molar-refractivity contribution in [1.29, 1.82) is 0 Å². The van der Waals surface area contributed by atoms with Gasteiger partial charge in [-0.3, -0.25) is 0 Å². The molecular formula is C11H13ClFNO3S. The summed E-state index contributed by atoms with van der Waals surface area (Å²) in [5, 5.41) is 9.07. The van der Waals surface area contributed by atoms with Crippen LogP contribution < -0.4 is 4.72 Å². The summed E-state index contributed by atoms with van der Waals surface area (Å²) in [4.78, 5) is -0.280. The normalized spacial score (nSPS) is 17.7. The Bertz CT molecular complexity index is 557. The zero-order valence-electron chi connectivity index (χ0n) is 9.49. The second kappa shape index (κ2) is 4.77. The number of aliphatic hydroxyl groups excluding tert-OH is 1. The van der Waals surface area contributed by atoms with Gasteiger partial charge in [-0.2, -0.15) is 0 Å². The Balaban J connectivity index is 2.18. The maximum absolute atomic E-state index is 13.0. The zero-order valence-corrected chi connectivity index (χ0v) is 11.1. The van der Waals surface area contributed by atoms with Crippen molar-refractivity contribution >= 4 is 21.6 Å². The zero-order chi connectivity index (χ0) is 13.4. The highest BCUT2D eigenvalue weighted by Gasteiger charge is 2.42. The number of hydrogen-bond donors (Lipinski definition) is 2. The molecule has 2 rings (SSSR count). The Morgan fingerprint density at radius 3 is 2.67 bits per heavy atom. The molecule has 2 N–H and O–H groups in total. The van der Waals surface area contributed by atoms with E-state index in [0.29, 0.717) is 0 Å². The van der Waals surface area contributed by atoms with Crippen LogP contribution in [0.4, 0.5) is 4.39 Å². The Morgan fingerprint density at radius 2 is 2.11 bits per heavy atom. The van der Waals surface area contributed by atoms with Crippen LogP contribution in [0.15, 0.2) is 23.1 Å².